The normalized spacial score (nSPS) is 34.5. The Morgan fingerprint density at radius 3 is 2.25 bits per heavy atom. The van der Waals surface area contributed by atoms with Gasteiger partial charge in [0.05, 0.1) is 11.1 Å². The van der Waals surface area contributed by atoms with Crippen LogP contribution >= 0.6 is 0 Å². The molecule has 3 nitrogen and oxygen atoms in total. The van der Waals surface area contributed by atoms with Crippen LogP contribution in [0.15, 0.2) is 23.3 Å². The Morgan fingerprint density at radius 1 is 1.08 bits per heavy atom. The number of carbonyl (C=O) groups is 1. The molecule has 0 saturated heterocycles. The molecule has 1 aromatic carbocycles. The second kappa shape index (κ2) is 5.72. The van der Waals surface area contributed by atoms with Crippen LogP contribution in [0.3, 0.4) is 0 Å². The summed E-state index contributed by atoms with van der Waals surface area (Å²) in [5.41, 5.74) is 7.25. The molecule has 0 atom stereocenters. The van der Waals surface area contributed by atoms with Crippen LogP contribution in [-0.2, 0) is 4.79 Å². The minimum absolute atomic E-state index is 0.125. The van der Waals surface area contributed by atoms with Crippen molar-refractivity contribution in [3.8, 4) is 0 Å². The van der Waals surface area contributed by atoms with Crippen molar-refractivity contribution in [2.24, 2.45) is 28.3 Å². The molecule has 0 aliphatic heterocycles. The van der Waals surface area contributed by atoms with Crippen LogP contribution < -0.4 is 5.43 Å². The van der Waals surface area contributed by atoms with Gasteiger partial charge in [-0.2, -0.15) is 5.10 Å². The topological polar surface area (TPSA) is 41.5 Å². The van der Waals surface area contributed by atoms with Crippen LogP contribution in [0.4, 0.5) is 0 Å². The molecular weight excluding hydrogens is 296 g/mol. The Kier molecular flexibility index (Phi) is 3.78. The van der Waals surface area contributed by atoms with E-state index in [1.807, 2.05) is 6.92 Å². The molecule has 0 aromatic heterocycles. The number of carbonyl (C=O) groups excluding carboxylic acids is 1. The number of nitrogens with one attached hydrogen (secondary N) is 1. The van der Waals surface area contributed by atoms with E-state index in [9.17, 15) is 4.79 Å². The number of hydrazone groups is 1. The summed E-state index contributed by atoms with van der Waals surface area (Å²) < 4.78 is 0. The molecule has 0 unspecified atom stereocenters. The van der Waals surface area contributed by atoms with Crippen LogP contribution in [0.1, 0.15) is 62.1 Å². The van der Waals surface area contributed by atoms with Gasteiger partial charge in [0, 0.05) is 5.56 Å². The largest absolute Gasteiger partial charge is 0.273 e. The number of aryl methyl sites for hydroxylation is 2. The molecule has 4 bridgehead atoms. The Hall–Kier alpha value is -1.64. The summed E-state index contributed by atoms with van der Waals surface area (Å²) in [5, 5.41) is 4.47. The molecule has 1 aromatic rings. The zero-order valence-corrected chi connectivity index (χ0v) is 15.1. The Balaban J connectivity index is 1.51. The number of benzene rings is 1. The number of hydrogen-bond donors (Lipinski definition) is 1. The van der Waals surface area contributed by atoms with Crippen LogP contribution in [0.5, 0.6) is 0 Å². The smallest absolute Gasteiger partial charge is 0.246 e. The summed E-state index contributed by atoms with van der Waals surface area (Å²) >= 11 is 0. The summed E-state index contributed by atoms with van der Waals surface area (Å²) in [6.07, 6.45) is 7.33. The quantitative estimate of drug-likeness (QED) is 0.651. The van der Waals surface area contributed by atoms with E-state index in [4.69, 9.17) is 0 Å². The molecule has 1 amide bonds. The fourth-order valence-corrected chi connectivity index (χ4v) is 5.83. The van der Waals surface area contributed by atoms with Gasteiger partial charge >= 0.3 is 0 Å². The number of rotatable bonds is 3. The maximum atomic E-state index is 13.0. The van der Waals surface area contributed by atoms with Crippen molar-refractivity contribution in [2.45, 2.75) is 59.3 Å². The van der Waals surface area contributed by atoms with E-state index in [0.717, 1.165) is 48.3 Å². The molecule has 1 N–H and O–H groups in total. The molecule has 0 heterocycles. The molecule has 0 spiro atoms. The lowest BCUT2D eigenvalue weighted by Gasteiger charge is -2.55. The van der Waals surface area contributed by atoms with Crippen molar-refractivity contribution in [3.05, 3.63) is 34.9 Å². The predicted octanol–water partition coefficient (Wildman–Crippen LogP) is 4.36. The molecule has 4 aliphatic carbocycles. The number of amides is 1. The van der Waals surface area contributed by atoms with Crippen molar-refractivity contribution in [3.63, 3.8) is 0 Å². The highest BCUT2D eigenvalue weighted by Crippen LogP contribution is 2.60. The van der Waals surface area contributed by atoms with Gasteiger partial charge in [0.1, 0.15) is 0 Å². The van der Waals surface area contributed by atoms with Crippen molar-refractivity contribution in [1.29, 1.82) is 0 Å². The van der Waals surface area contributed by atoms with E-state index in [2.05, 4.69) is 42.6 Å². The Bertz CT molecular complexity index is 669. The average molecular weight is 324 g/mol. The molecule has 4 saturated carbocycles. The molecule has 128 valence electrons. The zero-order chi connectivity index (χ0) is 16.9. The van der Waals surface area contributed by atoms with E-state index >= 15 is 0 Å². The third-order valence-electron chi connectivity index (χ3n) is 6.63. The van der Waals surface area contributed by atoms with E-state index in [1.165, 1.54) is 30.4 Å². The van der Waals surface area contributed by atoms with E-state index in [-0.39, 0.29) is 11.3 Å². The van der Waals surface area contributed by atoms with Crippen LogP contribution in [0.25, 0.3) is 0 Å². The highest BCUT2D eigenvalue weighted by atomic mass is 16.2. The van der Waals surface area contributed by atoms with E-state index < -0.39 is 0 Å². The SMILES string of the molecule is C/C(=N\NC(=O)C12CC3CC(CC(C3)C1)C2)c1cc(C)ccc1C. The van der Waals surface area contributed by atoms with Crippen LogP contribution in [0, 0.1) is 37.0 Å². The van der Waals surface area contributed by atoms with Crippen molar-refractivity contribution in [1.82, 2.24) is 5.43 Å². The maximum Gasteiger partial charge on any atom is 0.246 e. The highest BCUT2D eigenvalue weighted by molar-refractivity contribution is 6.00. The lowest BCUT2D eigenvalue weighted by atomic mass is 9.49. The molecule has 24 heavy (non-hydrogen) atoms. The van der Waals surface area contributed by atoms with E-state index in [0.29, 0.717) is 0 Å². The first-order chi connectivity index (χ1) is 11.4. The average Bonchev–Trinajstić information content (AvgIpc) is 2.53. The third kappa shape index (κ3) is 2.68. The maximum absolute atomic E-state index is 13.0. The summed E-state index contributed by atoms with van der Waals surface area (Å²) in [4.78, 5) is 13.0. The zero-order valence-electron chi connectivity index (χ0n) is 15.1. The number of hydrogen-bond acceptors (Lipinski definition) is 2. The summed E-state index contributed by atoms with van der Waals surface area (Å²) in [7, 11) is 0. The first-order valence-electron chi connectivity index (χ1n) is 9.37. The first kappa shape index (κ1) is 15.9. The predicted molar refractivity (Wildman–Crippen MR) is 96.9 cm³/mol. The molecular formula is C21H28N2O. The van der Waals surface area contributed by atoms with Gasteiger partial charge in [0.2, 0.25) is 5.91 Å². The second-order valence-electron chi connectivity index (χ2n) is 8.65. The lowest BCUT2D eigenvalue weighted by molar-refractivity contribution is -0.146. The first-order valence-corrected chi connectivity index (χ1v) is 9.37. The molecule has 0 radical (unpaired) electrons. The Labute approximate surface area is 144 Å². The summed E-state index contributed by atoms with van der Waals surface area (Å²) in [5.74, 6) is 2.52. The van der Waals surface area contributed by atoms with Gasteiger partial charge in [-0.25, -0.2) is 5.43 Å². The van der Waals surface area contributed by atoms with Gasteiger partial charge in [-0.1, -0.05) is 17.7 Å². The van der Waals surface area contributed by atoms with Crippen molar-refractivity contribution < 1.29 is 4.79 Å². The van der Waals surface area contributed by atoms with Gasteiger partial charge in [-0.3, -0.25) is 4.79 Å². The minimum Gasteiger partial charge on any atom is -0.273 e. The number of nitrogens with zero attached hydrogens (tertiary/aromatic N) is 1. The van der Waals surface area contributed by atoms with Gasteiger partial charge in [-0.15, -0.1) is 0 Å². The molecule has 4 fully saturated rings. The monoisotopic (exact) mass is 324 g/mol. The molecule has 4 aliphatic rings. The van der Waals surface area contributed by atoms with Gasteiger partial charge in [-0.05, 0) is 88.7 Å². The fraction of sp³-hybridized carbons (Fsp3) is 0.619. The van der Waals surface area contributed by atoms with Crippen LogP contribution in [-0.4, -0.2) is 11.6 Å². The fourth-order valence-electron chi connectivity index (χ4n) is 5.83. The lowest BCUT2D eigenvalue weighted by Crippen LogP contribution is -2.52. The Morgan fingerprint density at radius 2 is 1.67 bits per heavy atom. The second-order valence-corrected chi connectivity index (χ2v) is 8.65. The minimum atomic E-state index is -0.125. The van der Waals surface area contributed by atoms with Gasteiger partial charge < -0.3 is 0 Å². The van der Waals surface area contributed by atoms with Crippen LogP contribution in [0.2, 0.25) is 0 Å². The van der Waals surface area contributed by atoms with Gasteiger partial charge in [0.15, 0.2) is 0 Å². The summed E-state index contributed by atoms with van der Waals surface area (Å²) in [6.45, 7) is 6.17. The van der Waals surface area contributed by atoms with Crippen molar-refractivity contribution in [2.75, 3.05) is 0 Å². The highest BCUT2D eigenvalue weighted by Gasteiger charge is 2.54. The van der Waals surface area contributed by atoms with Gasteiger partial charge in [0.25, 0.3) is 0 Å². The standard InChI is InChI=1S/C21H28N2O/c1-13-4-5-14(2)19(6-13)15(3)22-23-20(24)21-10-16-7-17(11-21)9-18(8-16)12-21/h4-6,16-18H,7-12H2,1-3H3,(H,23,24)/b22-15+. The van der Waals surface area contributed by atoms with E-state index in [1.54, 1.807) is 0 Å². The third-order valence-corrected chi connectivity index (χ3v) is 6.63. The molecule has 3 heteroatoms. The molecule has 5 rings (SSSR count). The van der Waals surface area contributed by atoms with Crippen molar-refractivity contribution >= 4 is 11.6 Å². The summed E-state index contributed by atoms with van der Waals surface area (Å²) in [6, 6.07) is 6.37.